The molecule has 0 aliphatic carbocycles. The quantitative estimate of drug-likeness (QED) is 0.861. The number of nitrogens with one attached hydrogen (secondary N) is 2. The van der Waals surface area contributed by atoms with Crippen molar-refractivity contribution in [3.63, 3.8) is 0 Å². The monoisotopic (exact) mass is 314 g/mol. The molecule has 0 radical (unpaired) electrons. The number of para-hydroxylation sites is 1. The molecule has 2 amide bonds. The van der Waals surface area contributed by atoms with Gasteiger partial charge in [-0.3, -0.25) is 0 Å². The maximum atomic E-state index is 11.7. The van der Waals surface area contributed by atoms with E-state index in [2.05, 4.69) is 10.6 Å². The van der Waals surface area contributed by atoms with E-state index < -0.39 is 0 Å². The van der Waals surface area contributed by atoms with E-state index in [9.17, 15) is 4.79 Å². The van der Waals surface area contributed by atoms with Gasteiger partial charge in [0.25, 0.3) is 0 Å². The van der Waals surface area contributed by atoms with Crippen LogP contribution in [0.25, 0.3) is 0 Å². The number of urea groups is 1. The largest absolute Gasteiger partial charge is 0.338 e. The smallest absolute Gasteiger partial charge is 0.319 e. The molecule has 0 saturated heterocycles. The van der Waals surface area contributed by atoms with Crippen LogP contribution in [-0.4, -0.2) is 12.6 Å². The van der Waals surface area contributed by atoms with Crippen molar-refractivity contribution in [2.45, 2.75) is 6.42 Å². The molecule has 0 atom stereocenters. The van der Waals surface area contributed by atoms with E-state index in [1.54, 1.807) is 29.5 Å². The van der Waals surface area contributed by atoms with E-state index in [0.717, 1.165) is 6.42 Å². The third-order valence-corrected chi connectivity index (χ3v) is 4.00. The Balaban J connectivity index is 1.84. The third kappa shape index (κ3) is 4.13. The van der Waals surface area contributed by atoms with Gasteiger partial charge in [0, 0.05) is 11.4 Å². The summed E-state index contributed by atoms with van der Waals surface area (Å²) in [4.78, 5) is 12.9. The summed E-state index contributed by atoms with van der Waals surface area (Å²) in [7, 11) is 0. The Morgan fingerprint density at radius 3 is 2.53 bits per heavy atom. The molecule has 1 heterocycles. The first-order valence-corrected chi connectivity index (χ1v) is 7.31. The Hall–Kier alpha value is -1.23. The Morgan fingerprint density at radius 1 is 1.16 bits per heavy atom. The molecule has 0 unspecified atom stereocenters. The Kier molecular flexibility index (Phi) is 5.07. The first kappa shape index (κ1) is 14.2. The van der Waals surface area contributed by atoms with Gasteiger partial charge in [-0.1, -0.05) is 35.3 Å². The van der Waals surface area contributed by atoms with Crippen LogP contribution in [0.1, 0.15) is 4.88 Å². The van der Waals surface area contributed by atoms with Crippen molar-refractivity contribution in [3.8, 4) is 0 Å². The van der Waals surface area contributed by atoms with Crippen molar-refractivity contribution in [1.29, 1.82) is 0 Å². The van der Waals surface area contributed by atoms with Gasteiger partial charge in [-0.05, 0) is 30.0 Å². The first-order chi connectivity index (χ1) is 9.16. The number of halogens is 2. The molecule has 2 rings (SSSR count). The summed E-state index contributed by atoms with van der Waals surface area (Å²) in [5.41, 5.74) is 0.430. The summed E-state index contributed by atoms with van der Waals surface area (Å²) >= 11 is 13.6. The second-order valence-corrected chi connectivity index (χ2v) is 5.65. The minimum atomic E-state index is -0.313. The zero-order valence-corrected chi connectivity index (χ0v) is 12.3. The van der Waals surface area contributed by atoms with Crippen LogP contribution in [0.5, 0.6) is 0 Å². The summed E-state index contributed by atoms with van der Waals surface area (Å²) < 4.78 is 0. The predicted molar refractivity (Wildman–Crippen MR) is 81.5 cm³/mol. The van der Waals surface area contributed by atoms with Crippen molar-refractivity contribution in [2.75, 3.05) is 11.9 Å². The fourth-order valence-electron chi connectivity index (χ4n) is 1.53. The number of anilines is 1. The second kappa shape index (κ2) is 6.80. The molecule has 2 N–H and O–H groups in total. The zero-order chi connectivity index (χ0) is 13.7. The minimum absolute atomic E-state index is 0.313. The fraction of sp³-hybridized carbons (Fsp3) is 0.154. The molecule has 100 valence electrons. The lowest BCUT2D eigenvalue weighted by Crippen LogP contribution is -2.30. The van der Waals surface area contributed by atoms with Crippen molar-refractivity contribution in [3.05, 3.63) is 50.6 Å². The number of thiophene rings is 1. The first-order valence-electron chi connectivity index (χ1n) is 5.68. The van der Waals surface area contributed by atoms with Crippen LogP contribution >= 0.6 is 34.5 Å². The summed E-state index contributed by atoms with van der Waals surface area (Å²) in [5, 5.41) is 8.26. The van der Waals surface area contributed by atoms with Crippen molar-refractivity contribution in [2.24, 2.45) is 0 Å². The van der Waals surface area contributed by atoms with Crippen LogP contribution < -0.4 is 10.6 Å². The lowest BCUT2D eigenvalue weighted by atomic mass is 10.3. The highest BCUT2D eigenvalue weighted by Crippen LogP contribution is 2.29. The van der Waals surface area contributed by atoms with Crippen LogP contribution in [0.15, 0.2) is 35.7 Å². The Labute approximate surface area is 125 Å². The molecule has 0 spiro atoms. The molecule has 0 bridgehead atoms. The number of amides is 2. The average Bonchev–Trinajstić information content (AvgIpc) is 2.87. The van der Waals surface area contributed by atoms with E-state index in [4.69, 9.17) is 23.2 Å². The van der Waals surface area contributed by atoms with Gasteiger partial charge >= 0.3 is 6.03 Å². The standard InChI is InChI=1S/C13H12Cl2N2OS/c14-10-4-1-5-11(15)12(10)17-13(18)16-7-6-9-3-2-8-19-9/h1-5,8H,6-7H2,(H2,16,17,18). The molecular formula is C13H12Cl2N2OS. The van der Waals surface area contributed by atoms with Gasteiger partial charge in [0.15, 0.2) is 0 Å². The van der Waals surface area contributed by atoms with Crippen LogP contribution in [0.2, 0.25) is 10.0 Å². The molecule has 0 aliphatic rings. The van der Waals surface area contributed by atoms with Gasteiger partial charge in [-0.15, -0.1) is 11.3 Å². The summed E-state index contributed by atoms with van der Waals surface area (Å²) in [5.74, 6) is 0. The van der Waals surface area contributed by atoms with E-state index >= 15 is 0 Å². The molecular weight excluding hydrogens is 303 g/mol. The lowest BCUT2D eigenvalue weighted by molar-refractivity contribution is 0.252. The highest BCUT2D eigenvalue weighted by molar-refractivity contribution is 7.09. The van der Waals surface area contributed by atoms with Crippen LogP contribution in [0.3, 0.4) is 0 Å². The maximum absolute atomic E-state index is 11.7. The molecule has 2 aromatic rings. The van der Waals surface area contributed by atoms with Crippen LogP contribution in [-0.2, 0) is 6.42 Å². The highest BCUT2D eigenvalue weighted by Gasteiger charge is 2.08. The third-order valence-electron chi connectivity index (χ3n) is 2.44. The zero-order valence-electron chi connectivity index (χ0n) is 9.95. The van der Waals surface area contributed by atoms with E-state index in [1.807, 2.05) is 17.5 Å². The number of hydrogen-bond donors (Lipinski definition) is 2. The summed E-state index contributed by atoms with van der Waals surface area (Å²) in [6.07, 6.45) is 0.807. The number of rotatable bonds is 4. The molecule has 1 aromatic heterocycles. The SMILES string of the molecule is O=C(NCCc1cccs1)Nc1c(Cl)cccc1Cl. The summed E-state index contributed by atoms with van der Waals surface area (Å²) in [6, 6.07) is 8.79. The van der Waals surface area contributed by atoms with Gasteiger partial charge in [0.05, 0.1) is 15.7 Å². The van der Waals surface area contributed by atoms with Gasteiger partial charge in [-0.25, -0.2) is 4.79 Å². The number of hydrogen-bond acceptors (Lipinski definition) is 2. The highest BCUT2D eigenvalue weighted by atomic mass is 35.5. The van der Waals surface area contributed by atoms with E-state index in [0.29, 0.717) is 22.3 Å². The molecule has 19 heavy (non-hydrogen) atoms. The van der Waals surface area contributed by atoms with Gasteiger partial charge in [0.1, 0.15) is 0 Å². The number of benzene rings is 1. The van der Waals surface area contributed by atoms with Gasteiger partial charge in [0.2, 0.25) is 0 Å². The van der Waals surface area contributed by atoms with Crippen molar-refractivity contribution < 1.29 is 4.79 Å². The van der Waals surface area contributed by atoms with Crippen LogP contribution in [0, 0.1) is 0 Å². The molecule has 0 aliphatic heterocycles. The van der Waals surface area contributed by atoms with E-state index in [1.165, 1.54) is 4.88 Å². The van der Waals surface area contributed by atoms with E-state index in [-0.39, 0.29) is 6.03 Å². The van der Waals surface area contributed by atoms with Crippen LogP contribution in [0.4, 0.5) is 10.5 Å². The minimum Gasteiger partial charge on any atom is -0.338 e. The number of carbonyl (C=O) groups is 1. The Bertz CT molecular complexity index is 538. The molecule has 0 fully saturated rings. The average molecular weight is 315 g/mol. The predicted octanol–water partition coefficient (Wildman–Crippen LogP) is 4.42. The molecule has 0 saturated carbocycles. The van der Waals surface area contributed by atoms with Crippen molar-refractivity contribution >= 4 is 46.3 Å². The lowest BCUT2D eigenvalue weighted by Gasteiger charge is -2.10. The topological polar surface area (TPSA) is 41.1 Å². The fourth-order valence-corrected chi connectivity index (χ4v) is 2.73. The number of carbonyl (C=O) groups excluding carboxylic acids is 1. The summed E-state index contributed by atoms with van der Waals surface area (Å²) in [6.45, 7) is 0.564. The van der Waals surface area contributed by atoms with Gasteiger partial charge < -0.3 is 10.6 Å². The van der Waals surface area contributed by atoms with Gasteiger partial charge in [-0.2, -0.15) is 0 Å². The normalized spacial score (nSPS) is 10.2. The second-order valence-electron chi connectivity index (χ2n) is 3.81. The maximum Gasteiger partial charge on any atom is 0.319 e. The molecule has 1 aromatic carbocycles. The molecule has 3 nitrogen and oxygen atoms in total. The Morgan fingerprint density at radius 2 is 1.89 bits per heavy atom. The molecule has 6 heteroatoms. The van der Waals surface area contributed by atoms with Crippen molar-refractivity contribution in [1.82, 2.24) is 5.32 Å².